The molecule has 50 valence electrons. The van der Waals surface area contributed by atoms with Gasteiger partial charge in [-0.05, 0) is 17.1 Å². The van der Waals surface area contributed by atoms with E-state index in [1.807, 2.05) is 0 Å². The molecular formula is C6H13ClS. The molecule has 0 aromatic rings. The Bertz CT molecular complexity index is 33.5. The summed E-state index contributed by atoms with van der Waals surface area (Å²) < 4.78 is 0. The standard InChI is InChI=1S/C6H13ClS/c1-2-3-4-5-6-8-7/h2-6H2,1H3. The summed E-state index contributed by atoms with van der Waals surface area (Å²) in [7, 11) is 6.82. The molecule has 0 bridgehead atoms. The first-order valence-corrected chi connectivity index (χ1v) is 4.96. The lowest BCUT2D eigenvalue weighted by atomic mass is 10.2. The van der Waals surface area contributed by atoms with Crippen molar-refractivity contribution in [3.05, 3.63) is 0 Å². The molecule has 0 rings (SSSR count). The van der Waals surface area contributed by atoms with E-state index in [9.17, 15) is 0 Å². The van der Waals surface area contributed by atoms with Gasteiger partial charge in [-0.2, -0.15) is 0 Å². The van der Waals surface area contributed by atoms with Crippen LogP contribution in [0.5, 0.6) is 0 Å². The van der Waals surface area contributed by atoms with Gasteiger partial charge in [-0.15, -0.1) is 0 Å². The third-order valence-electron chi connectivity index (χ3n) is 1.08. The van der Waals surface area contributed by atoms with Crippen LogP contribution in [0.1, 0.15) is 32.6 Å². The number of hydrogen-bond donors (Lipinski definition) is 0. The Hall–Kier alpha value is 0.640. The van der Waals surface area contributed by atoms with E-state index in [2.05, 4.69) is 6.92 Å². The van der Waals surface area contributed by atoms with Crippen molar-refractivity contribution in [2.24, 2.45) is 0 Å². The second-order valence-corrected chi connectivity index (χ2v) is 3.16. The molecular weight excluding hydrogens is 140 g/mol. The van der Waals surface area contributed by atoms with Gasteiger partial charge in [-0.3, -0.25) is 0 Å². The SMILES string of the molecule is CCCCCCSCl. The highest BCUT2D eigenvalue weighted by Gasteiger charge is 1.84. The van der Waals surface area contributed by atoms with Crippen molar-refractivity contribution in [1.29, 1.82) is 0 Å². The van der Waals surface area contributed by atoms with Gasteiger partial charge in [0, 0.05) is 5.75 Å². The fourth-order valence-corrected chi connectivity index (χ4v) is 1.22. The second kappa shape index (κ2) is 7.64. The van der Waals surface area contributed by atoms with Crippen molar-refractivity contribution in [3.63, 3.8) is 0 Å². The molecule has 0 aromatic heterocycles. The summed E-state index contributed by atoms with van der Waals surface area (Å²) in [6.45, 7) is 2.22. The zero-order valence-corrected chi connectivity index (χ0v) is 6.89. The van der Waals surface area contributed by atoms with Gasteiger partial charge in [0.1, 0.15) is 0 Å². The number of halogens is 1. The van der Waals surface area contributed by atoms with E-state index in [0.717, 1.165) is 5.75 Å². The van der Waals surface area contributed by atoms with Crippen LogP contribution in [-0.4, -0.2) is 5.75 Å². The summed E-state index contributed by atoms with van der Waals surface area (Å²) in [5, 5.41) is 0. The molecule has 0 spiro atoms. The van der Waals surface area contributed by atoms with Gasteiger partial charge in [0.25, 0.3) is 0 Å². The number of hydrogen-bond acceptors (Lipinski definition) is 1. The van der Waals surface area contributed by atoms with E-state index in [0.29, 0.717) is 0 Å². The molecule has 0 aromatic carbocycles. The highest BCUT2D eigenvalue weighted by atomic mass is 35.7. The van der Waals surface area contributed by atoms with E-state index in [1.165, 1.54) is 36.7 Å². The number of rotatable bonds is 5. The predicted molar refractivity (Wildman–Crippen MR) is 42.5 cm³/mol. The van der Waals surface area contributed by atoms with Crippen molar-refractivity contribution in [3.8, 4) is 0 Å². The highest BCUT2D eigenvalue weighted by Crippen LogP contribution is 2.10. The van der Waals surface area contributed by atoms with Gasteiger partial charge >= 0.3 is 0 Å². The highest BCUT2D eigenvalue weighted by molar-refractivity contribution is 8.21. The molecule has 0 heterocycles. The Labute approximate surface area is 60.5 Å². The molecule has 0 fully saturated rings. The van der Waals surface area contributed by atoms with Gasteiger partial charge in [0.15, 0.2) is 0 Å². The van der Waals surface area contributed by atoms with Crippen LogP contribution < -0.4 is 0 Å². The van der Waals surface area contributed by atoms with Crippen LogP contribution in [0.3, 0.4) is 0 Å². The Morgan fingerprint density at radius 2 is 2.00 bits per heavy atom. The molecule has 0 radical (unpaired) electrons. The van der Waals surface area contributed by atoms with Gasteiger partial charge < -0.3 is 0 Å². The minimum atomic E-state index is 1.11. The molecule has 0 aliphatic heterocycles. The van der Waals surface area contributed by atoms with Crippen LogP contribution in [0.15, 0.2) is 0 Å². The fraction of sp³-hybridized carbons (Fsp3) is 1.00. The lowest BCUT2D eigenvalue weighted by Crippen LogP contribution is -1.76. The van der Waals surface area contributed by atoms with E-state index in [1.54, 1.807) is 0 Å². The van der Waals surface area contributed by atoms with E-state index in [-0.39, 0.29) is 0 Å². The van der Waals surface area contributed by atoms with Crippen molar-refractivity contribution >= 4 is 21.7 Å². The lowest BCUT2D eigenvalue weighted by Gasteiger charge is -1.92. The molecule has 0 saturated heterocycles. The molecule has 0 unspecified atom stereocenters. The minimum Gasteiger partial charge on any atom is -0.0654 e. The number of unbranched alkanes of at least 4 members (excludes halogenated alkanes) is 3. The third kappa shape index (κ3) is 6.64. The maximum Gasteiger partial charge on any atom is 0.00852 e. The van der Waals surface area contributed by atoms with E-state index < -0.39 is 0 Å². The first-order chi connectivity index (χ1) is 3.91. The van der Waals surface area contributed by atoms with Crippen LogP contribution in [0.4, 0.5) is 0 Å². The third-order valence-corrected chi connectivity index (χ3v) is 1.98. The predicted octanol–water partition coefficient (Wildman–Crippen LogP) is 3.45. The summed E-state index contributed by atoms with van der Waals surface area (Å²) in [5.74, 6) is 1.11. The Balaban J connectivity index is 2.53. The first kappa shape index (κ1) is 8.64. The summed E-state index contributed by atoms with van der Waals surface area (Å²) in [4.78, 5) is 0. The zero-order chi connectivity index (χ0) is 6.24. The molecule has 0 aliphatic rings. The van der Waals surface area contributed by atoms with Gasteiger partial charge in [0.05, 0.1) is 0 Å². The fourth-order valence-electron chi connectivity index (χ4n) is 0.583. The molecule has 0 nitrogen and oxygen atoms in total. The molecule has 0 N–H and O–H groups in total. The van der Waals surface area contributed by atoms with Crippen LogP contribution in [-0.2, 0) is 0 Å². The second-order valence-electron chi connectivity index (χ2n) is 1.87. The topological polar surface area (TPSA) is 0 Å². The maximum absolute atomic E-state index is 5.40. The van der Waals surface area contributed by atoms with Gasteiger partial charge in [0.2, 0.25) is 0 Å². The van der Waals surface area contributed by atoms with Crippen LogP contribution in [0, 0.1) is 0 Å². The maximum atomic E-state index is 5.40. The van der Waals surface area contributed by atoms with Crippen molar-refractivity contribution in [1.82, 2.24) is 0 Å². The normalized spacial score (nSPS) is 9.75. The monoisotopic (exact) mass is 152 g/mol. The van der Waals surface area contributed by atoms with E-state index in [4.69, 9.17) is 10.7 Å². The molecule has 0 aliphatic carbocycles. The van der Waals surface area contributed by atoms with Crippen molar-refractivity contribution < 1.29 is 0 Å². The summed E-state index contributed by atoms with van der Waals surface area (Å²) in [6, 6.07) is 0. The Morgan fingerprint density at radius 1 is 1.25 bits per heavy atom. The molecule has 0 amide bonds. The average molecular weight is 153 g/mol. The largest absolute Gasteiger partial charge is 0.0654 e. The zero-order valence-electron chi connectivity index (χ0n) is 5.32. The summed E-state index contributed by atoms with van der Waals surface area (Å²) in [5.41, 5.74) is 0. The summed E-state index contributed by atoms with van der Waals surface area (Å²) >= 11 is 0. The average Bonchev–Trinajstić information content (AvgIpc) is 1.81. The van der Waals surface area contributed by atoms with Crippen molar-refractivity contribution in [2.45, 2.75) is 32.6 Å². The van der Waals surface area contributed by atoms with Gasteiger partial charge in [-0.1, -0.05) is 37.2 Å². The Kier molecular flexibility index (Phi) is 8.25. The first-order valence-electron chi connectivity index (χ1n) is 3.15. The van der Waals surface area contributed by atoms with Gasteiger partial charge in [-0.25, -0.2) is 0 Å². The minimum absolute atomic E-state index is 1.11. The van der Waals surface area contributed by atoms with Crippen LogP contribution in [0.25, 0.3) is 0 Å². The summed E-state index contributed by atoms with van der Waals surface area (Å²) in [6.07, 6.45) is 5.29. The molecule has 2 heteroatoms. The lowest BCUT2D eigenvalue weighted by molar-refractivity contribution is 0.707. The quantitative estimate of drug-likeness (QED) is 0.544. The van der Waals surface area contributed by atoms with Crippen molar-refractivity contribution in [2.75, 3.05) is 5.75 Å². The Morgan fingerprint density at radius 3 is 2.50 bits per heavy atom. The van der Waals surface area contributed by atoms with Crippen LogP contribution >= 0.6 is 21.7 Å². The van der Waals surface area contributed by atoms with Crippen LogP contribution in [0.2, 0.25) is 0 Å². The smallest absolute Gasteiger partial charge is 0.00852 e. The van der Waals surface area contributed by atoms with E-state index >= 15 is 0 Å². The molecule has 0 saturated carbocycles. The molecule has 8 heavy (non-hydrogen) atoms. The molecule has 0 atom stereocenters.